The summed E-state index contributed by atoms with van der Waals surface area (Å²) in [6.45, 7) is 3.23. The second-order valence-corrected chi connectivity index (χ2v) is 6.03. The van der Waals surface area contributed by atoms with Gasteiger partial charge in [-0.1, -0.05) is 0 Å². The lowest BCUT2D eigenvalue weighted by molar-refractivity contribution is -0.200. The number of alkyl halides is 1. The lowest BCUT2D eigenvalue weighted by atomic mass is 10.1. The van der Waals surface area contributed by atoms with E-state index < -0.39 is 41.6 Å². The van der Waals surface area contributed by atoms with E-state index in [1.54, 1.807) is 13.8 Å². The minimum atomic E-state index is -0.841. The van der Waals surface area contributed by atoms with Crippen molar-refractivity contribution in [2.24, 2.45) is 0 Å². The first-order chi connectivity index (χ1) is 10.4. The number of ether oxygens (including phenoxy) is 3. The third-order valence-corrected chi connectivity index (χ3v) is 4.05. The zero-order valence-corrected chi connectivity index (χ0v) is 12.9. The zero-order valence-electron chi connectivity index (χ0n) is 12.1. The zero-order chi connectivity index (χ0) is 16.1. The Morgan fingerprint density at radius 2 is 2.05 bits per heavy atom. The van der Waals surface area contributed by atoms with E-state index in [1.165, 1.54) is 10.8 Å². The smallest absolute Gasteiger partial charge is 0.330 e. The summed E-state index contributed by atoms with van der Waals surface area (Å²) >= 11 is 5.70. The van der Waals surface area contributed by atoms with Crippen LogP contribution in [0.2, 0.25) is 0 Å². The van der Waals surface area contributed by atoms with Gasteiger partial charge in [-0.15, -0.1) is 11.6 Å². The number of aromatic nitrogens is 2. The maximum atomic E-state index is 12.1. The topological polar surface area (TPSA) is 103 Å². The van der Waals surface area contributed by atoms with Gasteiger partial charge in [-0.2, -0.15) is 0 Å². The highest BCUT2D eigenvalue weighted by molar-refractivity contribution is 6.17. The summed E-state index contributed by atoms with van der Waals surface area (Å²) in [7, 11) is 0. The van der Waals surface area contributed by atoms with Crippen LogP contribution >= 0.6 is 11.6 Å². The molecule has 4 atom stereocenters. The number of hydrogen-bond donors (Lipinski definition) is 2. The molecule has 1 aromatic rings. The molecule has 0 aliphatic carbocycles. The lowest BCUT2D eigenvalue weighted by Crippen LogP contribution is -2.38. The van der Waals surface area contributed by atoms with E-state index >= 15 is 0 Å². The molecule has 0 bridgehead atoms. The van der Waals surface area contributed by atoms with Crippen LogP contribution in [0.25, 0.3) is 0 Å². The number of aromatic amines is 1. The highest BCUT2D eigenvalue weighted by atomic mass is 35.5. The molecule has 2 aliphatic rings. The number of nitrogens with zero attached hydrogens (tertiary/aromatic N) is 1. The van der Waals surface area contributed by atoms with Crippen molar-refractivity contribution in [2.45, 2.75) is 50.1 Å². The van der Waals surface area contributed by atoms with E-state index in [4.69, 9.17) is 25.8 Å². The molecule has 0 saturated carbocycles. The van der Waals surface area contributed by atoms with Crippen LogP contribution in [-0.2, 0) is 20.1 Å². The first-order valence-corrected chi connectivity index (χ1v) is 7.42. The Hall–Kier alpha value is -1.19. The molecule has 1 unspecified atom stereocenters. The number of rotatable bonds is 3. The molecular weight excluding hydrogens is 316 g/mol. The van der Waals surface area contributed by atoms with Crippen molar-refractivity contribution in [3.05, 3.63) is 32.6 Å². The first-order valence-electron chi connectivity index (χ1n) is 6.88. The van der Waals surface area contributed by atoms with Crippen molar-refractivity contribution in [3.8, 4) is 0 Å². The Morgan fingerprint density at radius 3 is 2.68 bits per heavy atom. The lowest BCUT2D eigenvalue weighted by Gasteiger charge is -2.24. The number of hydrogen-bond acceptors (Lipinski definition) is 6. The van der Waals surface area contributed by atoms with Gasteiger partial charge in [-0.25, -0.2) is 4.79 Å². The SMILES string of the molecule is CC1(C)OC2[C@@H](CO)O[C@@H](n3cc(CCl)c(=O)[nH]c3=O)[C@H]2O1. The molecule has 22 heavy (non-hydrogen) atoms. The fraction of sp³-hybridized carbons (Fsp3) is 0.692. The van der Waals surface area contributed by atoms with E-state index in [1.807, 2.05) is 0 Å². The predicted molar refractivity (Wildman–Crippen MR) is 75.7 cm³/mol. The molecule has 0 radical (unpaired) electrons. The molecular formula is C13H17ClN2O6. The van der Waals surface area contributed by atoms with E-state index in [-0.39, 0.29) is 18.1 Å². The number of H-pyrrole nitrogens is 1. The Balaban J connectivity index is 2.02. The van der Waals surface area contributed by atoms with Gasteiger partial charge in [0.15, 0.2) is 12.0 Å². The molecule has 9 heteroatoms. The quantitative estimate of drug-likeness (QED) is 0.736. The summed E-state index contributed by atoms with van der Waals surface area (Å²) in [6, 6.07) is 0. The van der Waals surface area contributed by atoms with Gasteiger partial charge in [0, 0.05) is 11.8 Å². The molecule has 1 aromatic heterocycles. The number of nitrogens with one attached hydrogen (secondary N) is 1. The van der Waals surface area contributed by atoms with Gasteiger partial charge in [0.2, 0.25) is 0 Å². The van der Waals surface area contributed by atoms with Gasteiger partial charge in [-0.05, 0) is 13.8 Å². The van der Waals surface area contributed by atoms with Crippen molar-refractivity contribution in [3.63, 3.8) is 0 Å². The number of aliphatic hydroxyl groups is 1. The monoisotopic (exact) mass is 332 g/mol. The number of halogens is 1. The molecule has 2 saturated heterocycles. The summed E-state index contributed by atoms with van der Waals surface area (Å²) in [4.78, 5) is 25.9. The van der Waals surface area contributed by atoms with Crippen molar-refractivity contribution < 1.29 is 19.3 Å². The van der Waals surface area contributed by atoms with Gasteiger partial charge >= 0.3 is 5.69 Å². The highest BCUT2D eigenvalue weighted by Gasteiger charge is 2.55. The fourth-order valence-electron chi connectivity index (χ4n) is 2.84. The second-order valence-electron chi connectivity index (χ2n) is 5.77. The van der Waals surface area contributed by atoms with Crippen molar-refractivity contribution in [1.29, 1.82) is 0 Å². The van der Waals surface area contributed by atoms with Gasteiger partial charge in [-0.3, -0.25) is 14.3 Å². The van der Waals surface area contributed by atoms with Crippen LogP contribution < -0.4 is 11.2 Å². The standard InChI is InChI=1S/C13H17ClN2O6/c1-13(2)21-8-7(5-17)20-11(9(8)22-13)16-4-6(3-14)10(18)15-12(16)19/h4,7-9,11,17H,3,5H2,1-2H3,(H,15,18,19)/t7-,8?,9+,11-/m1/s1. The molecule has 0 aromatic carbocycles. The fourth-order valence-corrected chi connectivity index (χ4v) is 3.03. The van der Waals surface area contributed by atoms with E-state index in [0.717, 1.165) is 0 Å². The Kier molecular flexibility index (Phi) is 3.90. The van der Waals surface area contributed by atoms with Gasteiger partial charge in [0.1, 0.15) is 18.3 Å². The van der Waals surface area contributed by atoms with Gasteiger partial charge in [0.05, 0.1) is 12.5 Å². The predicted octanol–water partition coefficient (Wildman–Crippen LogP) is -0.315. The Labute approximate surface area is 130 Å². The first kappa shape index (κ1) is 15.7. The summed E-state index contributed by atoms with van der Waals surface area (Å²) in [5.74, 6) is -0.880. The summed E-state index contributed by atoms with van der Waals surface area (Å²) < 4.78 is 18.4. The molecule has 0 amide bonds. The van der Waals surface area contributed by atoms with E-state index in [0.29, 0.717) is 0 Å². The maximum absolute atomic E-state index is 12.1. The average molecular weight is 333 g/mol. The van der Waals surface area contributed by atoms with Crippen molar-refractivity contribution in [1.82, 2.24) is 9.55 Å². The van der Waals surface area contributed by atoms with Crippen molar-refractivity contribution >= 4 is 11.6 Å². The Morgan fingerprint density at radius 1 is 1.36 bits per heavy atom. The van der Waals surface area contributed by atoms with Gasteiger partial charge in [0.25, 0.3) is 5.56 Å². The van der Waals surface area contributed by atoms with Crippen LogP contribution in [0.1, 0.15) is 25.6 Å². The molecule has 3 heterocycles. The molecule has 2 fully saturated rings. The van der Waals surface area contributed by atoms with Crippen LogP contribution in [0.4, 0.5) is 0 Å². The minimum absolute atomic E-state index is 0.0390. The van der Waals surface area contributed by atoms with E-state index in [2.05, 4.69) is 4.98 Å². The molecule has 122 valence electrons. The van der Waals surface area contributed by atoms with E-state index in [9.17, 15) is 14.7 Å². The third-order valence-electron chi connectivity index (χ3n) is 3.76. The summed E-state index contributed by atoms with van der Waals surface area (Å²) in [5, 5.41) is 9.44. The van der Waals surface area contributed by atoms with Crippen LogP contribution in [-0.4, -0.2) is 45.4 Å². The number of aliphatic hydroxyl groups excluding tert-OH is 1. The average Bonchev–Trinajstić information content (AvgIpc) is 2.92. The number of fused-ring (bicyclic) bond motifs is 1. The highest BCUT2D eigenvalue weighted by Crippen LogP contribution is 2.42. The minimum Gasteiger partial charge on any atom is -0.394 e. The molecule has 0 spiro atoms. The van der Waals surface area contributed by atoms with Crippen molar-refractivity contribution in [2.75, 3.05) is 6.61 Å². The normalized spacial score (nSPS) is 33.1. The largest absolute Gasteiger partial charge is 0.394 e. The van der Waals surface area contributed by atoms with Crippen LogP contribution in [0.3, 0.4) is 0 Å². The summed E-state index contributed by atoms with van der Waals surface area (Å²) in [5.41, 5.74) is -0.921. The molecule has 2 aliphatic heterocycles. The molecule has 8 nitrogen and oxygen atoms in total. The summed E-state index contributed by atoms with van der Waals surface area (Å²) in [6.07, 6.45) is -1.14. The molecule has 3 rings (SSSR count). The molecule has 2 N–H and O–H groups in total. The van der Waals surface area contributed by atoms with Crippen LogP contribution in [0, 0.1) is 0 Å². The van der Waals surface area contributed by atoms with Gasteiger partial charge < -0.3 is 19.3 Å². The maximum Gasteiger partial charge on any atom is 0.330 e. The third kappa shape index (κ3) is 2.50. The van der Waals surface area contributed by atoms with Crippen LogP contribution in [0.5, 0.6) is 0 Å². The Bertz CT molecular complexity index is 684. The van der Waals surface area contributed by atoms with Crippen LogP contribution in [0.15, 0.2) is 15.8 Å². The second kappa shape index (κ2) is 5.47.